The molecule has 0 unspecified atom stereocenters. The summed E-state index contributed by atoms with van der Waals surface area (Å²) >= 11 is 0. The molecule has 1 atom stereocenters. The first-order chi connectivity index (χ1) is 6.13. The van der Waals surface area contributed by atoms with E-state index >= 15 is 0 Å². The summed E-state index contributed by atoms with van der Waals surface area (Å²) in [4.78, 5) is 20.9. The van der Waals surface area contributed by atoms with Crippen molar-refractivity contribution in [1.29, 1.82) is 0 Å². The van der Waals surface area contributed by atoms with Crippen LogP contribution in [0.4, 0.5) is 0 Å². The van der Waals surface area contributed by atoms with Crippen LogP contribution in [0.25, 0.3) is 0 Å². The molecule has 0 aromatic carbocycles. The number of ether oxygens (including phenoxy) is 1. The first-order valence-corrected chi connectivity index (χ1v) is 4.43. The molecule has 0 saturated carbocycles. The molecule has 0 aliphatic rings. The molecule has 0 aliphatic heterocycles. The average Bonchev–Trinajstić information content (AvgIpc) is 2.05. The van der Waals surface area contributed by atoms with Crippen LogP contribution in [-0.4, -0.2) is 23.5 Å². The molecule has 0 amide bonds. The molecule has 13 heavy (non-hydrogen) atoms. The maximum atomic E-state index is 11.0. The standard InChI is InChI=1S/C8H15NO4/c1-3-5-6-7(9(11)12)8(10)13-4-2/h7H,3-6H2,1-2H3/t7-/m1/s1. The van der Waals surface area contributed by atoms with Gasteiger partial charge in [-0.25, -0.2) is 4.79 Å². The van der Waals surface area contributed by atoms with E-state index in [-0.39, 0.29) is 13.0 Å². The largest absolute Gasteiger partial charge is 0.461 e. The molecule has 0 fully saturated rings. The minimum atomic E-state index is -1.18. The molecule has 0 heterocycles. The van der Waals surface area contributed by atoms with Gasteiger partial charge in [0.05, 0.1) is 6.61 Å². The molecule has 0 spiro atoms. The number of nitrogens with zero attached hydrogens (tertiary/aromatic N) is 1. The van der Waals surface area contributed by atoms with Gasteiger partial charge in [-0.1, -0.05) is 13.3 Å². The zero-order valence-corrected chi connectivity index (χ0v) is 7.99. The lowest BCUT2D eigenvalue weighted by atomic mass is 10.1. The number of hydrogen-bond acceptors (Lipinski definition) is 4. The summed E-state index contributed by atoms with van der Waals surface area (Å²) < 4.78 is 4.58. The minimum absolute atomic E-state index is 0.190. The van der Waals surface area contributed by atoms with E-state index in [1.165, 1.54) is 0 Å². The summed E-state index contributed by atoms with van der Waals surface area (Å²) in [5, 5.41) is 10.4. The highest BCUT2D eigenvalue weighted by Gasteiger charge is 2.29. The molecule has 0 rings (SSSR count). The molecular formula is C8H15NO4. The highest BCUT2D eigenvalue weighted by Crippen LogP contribution is 2.05. The summed E-state index contributed by atoms with van der Waals surface area (Å²) in [6, 6.07) is -1.18. The summed E-state index contributed by atoms with van der Waals surface area (Å²) in [7, 11) is 0. The van der Waals surface area contributed by atoms with Crippen LogP contribution in [0.15, 0.2) is 0 Å². The van der Waals surface area contributed by atoms with E-state index in [1.807, 2.05) is 6.92 Å². The Bertz CT molecular complexity index is 181. The van der Waals surface area contributed by atoms with Gasteiger partial charge in [-0.15, -0.1) is 0 Å². The van der Waals surface area contributed by atoms with Crippen molar-refractivity contribution in [2.45, 2.75) is 39.2 Å². The van der Waals surface area contributed by atoms with Crippen molar-refractivity contribution >= 4 is 5.97 Å². The van der Waals surface area contributed by atoms with E-state index in [4.69, 9.17) is 0 Å². The highest BCUT2D eigenvalue weighted by atomic mass is 16.6. The fourth-order valence-electron chi connectivity index (χ4n) is 0.945. The van der Waals surface area contributed by atoms with Gasteiger partial charge < -0.3 is 4.74 Å². The predicted octanol–water partition coefficient (Wildman–Crippen LogP) is 1.39. The Morgan fingerprint density at radius 1 is 1.54 bits per heavy atom. The maximum absolute atomic E-state index is 11.0. The number of carbonyl (C=O) groups is 1. The lowest BCUT2D eigenvalue weighted by Crippen LogP contribution is -2.31. The van der Waals surface area contributed by atoms with Crippen molar-refractivity contribution in [2.75, 3.05) is 6.61 Å². The Balaban J connectivity index is 4.07. The summed E-state index contributed by atoms with van der Waals surface area (Å²) in [6.45, 7) is 3.74. The normalized spacial score (nSPS) is 12.2. The zero-order valence-electron chi connectivity index (χ0n) is 7.99. The number of unbranched alkanes of at least 4 members (excludes halogenated alkanes) is 1. The Morgan fingerprint density at radius 2 is 2.15 bits per heavy atom. The topological polar surface area (TPSA) is 69.4 Å². The van der Waals surface area contributed by atoms with E-state index in [9.17, 15) is 14.9 Å². The Morgan fingerprint density at radius 3 is 2.54 bits per heavy atom. The van der Waals surface area contributed by atoms with Gasteiger partial charge in [-0.3, -0.25) is 10.1 Å². The number of carbonyl (C=O) groups excluding carboxylic acids is 1. The lowest BCUT2D eigenvalue weighted by Gasteiger charge is -2.07. The molecule has 0 aromatic rings. The molecule has 5 heteroatoms. The molecular weight excluding hydrogens is 174 g/mol. The molecule has 76 valence electrons. The Kier molecular flexibility index (Phi) is 5.84. The van der Waals surface area contributed by atoms with E-state index in [0.29, 0.717) is 6.42 Å². The smallest absolute Gasteiger partial charge is 0.381 e. The molecule has 0 aromatic heterocycles. The minimum Gasteiger partial charge on any atom is -0.461 e. The van der Waals surface area contributed by atoms with Crippen molar-refractivity contribution < 1.29 is 14.5 Å². The van der Waals surface area contributed by atoms with Crippen LogP contribution in [-0.2, 0) is 9.53 Å². The van der Waals surface area contributed by atoms with Gasteiger partial charge in [0.2, 0.25) is 0 Å². The van der Waals surface area contributed by atoms with Crippen molar-refractivity contribution in [3.63, 3.8) is 0 Å². The lowest BCUT2D eigenvalue weighted by molar-refractivity contribution is -0.511. The Hall–Kier alpha value is -1.13. The van der Waals surface area contributed by atoms with Crippen molar-refractivity contribution in [3.05, 3.63) is 10.1 Å². The second kappa shape index (κ2) is 6.39. The van der Waals surface area contributed by atoms with Crippen LogP contribution < -0.4 is 0 Å². The van der Waals surface area contributed by atoms with E-state index in [2.05, 4.69) is 4.74 Å². The van der Waals surface area contributed by atoms with Gasteiger partial charge in [0.1, 0.15) is 0 Å². The van der Waals surface area contributed by atoms with Gasteiger partial charge in [0, 0.05) is 11.3 Å². The highest BCUT2D eigenvalue weighted by molar-refractivity contribution is 5.74. The molecule has 0 aliphatic carbocycles. The van der Waals surface area contributed by atoms with Crippen molar-refractivity contribution in [3.8, 4) is 0 Å². The summed E-state index contributed by atoms with van der Waals surface area (Å²) in [6.07, 6.45) is 1.77. The predicted molar refractivity (Wildman–Crippen MR) is 46.9 cm³/mol. The fraction of sp³-hybridized carbons (Fsp3) is 0.875. The summed E-state index contributed by atoms with van der Waals surface area (Å²) in [5.41, 5.74) is 0. The summed E-state index contributed by atoms with van der Waals surface area (Å²) in [5.74, 6) is -0.721. The quantitative estimate of drug-likeness (QED) is 0.359. The van der Waals surface area contributed by atoms with Crippen LogP contribution in [0.2, 0.25) is 0 Å². The SMILES string of the molecule is CCCC[C@H](C(=O)OCC)[N+](=O)[O-]. The average molecular weight is 189 g/mol. The third-order valence-electron chi connectivity index (χ3n) is 1.64. The van der Waals surface area contributed by atoms with Crippen LogP contribution in [0.5, 0.6) is 0 Å². The van der Waals surface area contributed by atoms with Crippen LogP contribution in [0.3, 0.4) is 0 Å². The number of nitro groups is 1. The van der Waals surface area contributed by atoms with Gasteiger partial charge >= 0.3 is 12.0 Å². The van der Waals surface area contributed by atoms with Crippen LogP contribution in [0.1, 0.15) is 33.1 Å². The second-order valence-corrected chi connectivity index (χ2v) is 2.70. The van der Waals surface area contributed by atoms with Crippen molar-refractivity contribution in [1.82, 2.24) is 0 Å². The van der Waals surface area contributed by atoms with E-state index < -0.39 is 16.9 Å². The van der Waals surface area contributed by atoms with Gasteiger partial charge in [0.15, 0.2) is 0 Å². The van der Waals surface area contributed by atoms with Crippen LogP contribution >= 0.6 is 0 Å². The van der Waals surface area contributed by atoms with E-state index in [0.717, 1.165) is 6.42 Å². The first-order valence-electron chi connectivity index (χ1n) is 4.43. The van der Waals surface area contributed by atoms with Gasteiger partial charge in [-0.2, -0.15) is 0 Å². The molecule has 0 saturated heterocycles. The zero-order chi connectivity index (χ0) is 10.3. The van der Waals surface area contributed by atoms with Gasteiger partial charge in [0.25, 0.3) is 0 Å². The molecule has 5 nitrogen and oxygen atoms in total. The third-order valence-corrected chi connectivity index (χ3v) is 1.64. The Labute approximate surface area is 77.2 Å². The number of rotatable bonds is 6. The fourth-order valence-corrected chi connectivity index (χ4v) is 0.945. The second-order valence-electron chi connectivity index (χ2n) is 2.70. The third kappa shape index (κ3) is 4.45. The van der Waals surface area contributed by atoms with Gasteiger partial charge in [-0.05, 0) is 13.3 Å². The maximum Gasteiger partial charge on any atom is 0.381 e. The molecule has 0 N–H and O–H groups in total. The van der Waals surface area contributed by atoms with Crippen LogP contribution in [0, 0.1) is 10.1 Å². The monoisotopic (exact) mass is 189 g/mol. The first kappa shape index (κ1) is 11.9. The van der Waals surface area contributed by atoms with Crippen molar-refractivity contribution in [2.24, 2.45) is 0 Å². The molecule has 0 radical (unpaired) electrons. The van der Waals surface area contributed by atoms with E-state index in [1.54, 1.807) is 6.92 Å². The molecule has 0 bridgehead atoms. The number of esters is 1. The number of hydrogen-bond donors (Lipinski definition) is 0.